The van der Waals surface area contributed by atoms with E-state index in [2.05, 4.69) is 15.0 Å². The van der Waals surface area contributed by atoms with Crippen molar-refractivity contribution in [3.8, 4) is 0 Å². The third-order valence-corrected chi connectivity index (χ3v) is 5.08. The molecule has 30 heavy (non-hydrogen) atoms. The molecule has 1 unspecified atom stereocenters. The van der Waals surface area contributed by atoms with E-state index in [1.807, 2.05) is 84.3 Å². The largest absolute Gasteiger partial charge is 0.442 e. The zero-order valence-corrected chi connectivity index (χ0v) is 16.7. The van der Waals surface area contributed by atoms with Crippen LogP contribution in [0.4, 0.5) is 0 Å². The molecule has 0 radical (unpaired) electrons. The number of carbonyl (C=O) groups excluding carboxylic acids is 1. The summed E-state index contributed by atoms with van der Waals surface area (Å²) >= 11 is 0. The molecule has 3 aromatic heterocycles. The number of rotatable bonds is 2. The molecule has 5 rings (SSSR count). The fourth-order valence-corrected chi connectivity index (χ4v) is 3.75. The molecule has 0 saturated carbocycles. The summed E-state index contributed by atoms with van der Waals surface area (Å²) in [4.78, 5) is 24.3. The first-order valence-corrected chi connectivity index (χ1v) is 9.79. The smallest absolute Gasteiger partial charge is 0.304 e. The maximum absolute atomic E-state index is 11.6. The summed E-state index contributed by atoms with van der Waals surface area (Å²) in [6, 6.07) is 16.0. The summed E-state index contributed by atoms with van der Waals surface area (Å²) in [5, 5.41) is 0. The minimum Gasteiger partial charge on any atom is -0.442 e. The Hall–Kier alpha value is -3.93. The second-order valence-electron chi connectivity index (χ2n) is 7.23. The van der Waals surface area contributed by atoms with E-state index >= 15 is 0 Å². The van der Waals surface area contributed by atoms with Gasteiger partial charge in [-0.3, -0.25) is 4.79 Å². The van der Waals surface area contributed by atoms with Gasteiger partial charge >= 0.3 is 5.97 Å². The Morgan fingerprint density at radius 1 is 0.900 bits per heavy atom. The van der Waals surface area contributed by atoms with Crippen molar-refractivity contribution >= 4 is 52.3 Å². The van der Waals surface area contributed by atoms with Gasteiger partial charge in [0, 0.05) is 18.0 Å². The first-order valence-electron chi connectivity index (χ1n) is 9.79. The Kier molecular flexibility index (Phi) is 4.32. The van der Waals surface area contributed by atoms with Gasteiger partial charge < -0.3 is 14.3 Å². The number of esters is 1. The monoisotopic (exact) mass is 396 g/mol. The average molecular weight is 396 g/mol. The molecule has 6 heteroatoms. The SMILES string of the molecule is CC(=O)OC(C)n1c2ccc3nc(c4nc(ccc5ccc([nH]5)c1cc2)C=C4)C=C3. The number of aromatic nitrogens is 4. The first-order chi connectivity index (χ1) is 14.6. The molecule has 0 fully saturated rings. The molecule has 0 amide bonds. The maximum atomic E-state index is 11.6. The van der Waals surface area contributed by atoms with Crippen molar-refractivity contribution in [3.63, 3.8) is 0 Å². The van der Waals surface area contributed by atoms with Crippen molar-refractivity contribution in [1.82, 2.24) is 19.5 Å². The molecule has 148 valence electrons. The predicted octanol–water partition coefficient (Wildman–Crippen LogP) is 5.21. The minimum absolute atomic E-state index is 0.322. The lowest BCUT2D eigenvalue weighted by atomic mass is 10.3. The maximum Gasteiger partial charge on any atom is 0.304 e. The van der Waals surface area contributed by atoms with Crippen LogP contribution in [0.25, 0.3) is 46.4 Å². The molecular weight excluding hydrogens is 376 g/mol. The van der Waals surface area contributed by atoms with E-state index in [9.17, 15) is 4.79 Å². The fourth-order valence-electron chi connectivity index (χ4n) is 3.75. The number of nitrogens with one attached hydrogen (secondary N) is 1. The second-order valence-corrected chi connectivity index (χ2v) is 7.23. The average Bonchev–Trinajstić information content (AvgIpc) is 3.49. The minimum atomic E-state index is -0.457. The van der Waals surface area contributed by atoms with E-state index in [1.165, 1.54) is 6.92 Å². The molecule has 0 saturated heterocycles. The Morgan fingerprint density at radius 2 is 1.53 bits per heavy atom. The molecular formula is C24H20N4O2. The van der Waals surface area contributed by atoms with Crippen LogP contribution in [0.15, 0.2) is 48.5 Å². The summed E-state index contributed by atoms with van der Waals surface area (Å²) in [5.41, 5.74) is 7.15. The lowest BCUT2D eigenvalue weighted by molar-refractivity contribution is -0.149. The normalized spacial score (nSPS) is 13.4. The number of aromatic amines is 1. The molecule has 0 spiro atoms. The third kappa shape index (κ3) is 3.33. The number of carbonyl (C=O) groups is 1. The van der Waals surface area contributed by atoms with Crippen LogP contribution < -0.4 is 0 Å². The Morgan fingerprint density at radius 3 is 2.23 bits per heavy atom. The van der Waals surface area contributed by atoms with Crippen molar-refractivity contribution in [3.05, 3.63) is 71.3 Å². The summed E-state index contributed by atoms with van der Waals surface area (Å²) in [7, 11) is 0. The van der Waals surface area contributed by atoms with Gasteiger partial charge in [-0.25, -0.2) is 9.97 Å². The van der Waals surface area contributed by atoms with E-state index in [4.69, 9.17) is 4.74 Å². The van der Waals surface area contributed by atoms with E-state index in [0.29, 0.717) is 0 Å². The van der Waals surface area contributed by atoms with Gasteiger partial charge in [0.15, 0.2) is 6.23 Å². The van der Waals surface area contributed by atoms with Crippen LogP contribution in [0.3, 0.4) is 0 Å². The van der Waals surface area contributed by atoms with Gasteiger partial charge in [-0.15, -0.1) is 0 Å². The molecule has 0 aromatic carbocycles. The Labute approximate surface area is 173 Å². The molecule has 0 aliphatic carbocycles. The van der Waals surface area contributed by atoms with Crippen molar-refractivity contribution in [2.75, 3.05) is 0 Å². The second kappa shape index (κ2) is 7.15. The molecule has 2 aliphatic heterocycles. The Bertz CT molecular complexity index is 1370. The van der Waals surface area contributed by atoms with Crippen LogP contribution in [-0.4, -0.2) is 25.5 Å². The zero-order valence-electron chi connectivity index (χ0n) is 16.7. The number of nitrogens with zero attached hydrogens (tertiary/aromatic N) is 3. The standard InChI is InChI=1S/C24H20N4O2/c1-15(30-16(2)29)28-20-9-5-19-7-12-22(26-19)21-11-6-17(25-21)3-4-18-8-13-23(27-18)24(28)14-10-20/h3-15,27H,1-2H3. The van der Waals surface area contributed by atoms with E-state index in [1.54, 1.807) is 0 Å². The molecule has 3 aromatic rings. The summed E-state index contributed by atoms with van der Waals surface area (Å²) in [6.45, 7) is 3.28. The highest BCUT2D eigenvalue weighted by Crippen LogP contribution is 2.24. The van der Waals surface area contributed by atoms with Crippen molar-refractivity contribution in [2.24, 2.45) is 0 Å². The van der Waals surface area contributed by atoms with Crippen LogP contribution >= 0.6 is 0 Å². The van der Waals surface area contributed by atoms with Crippen LogP contribution in [0.2, 0.25) is 0 Å². The van der Waals surface area contributed by atoms with Gasteiger partial charge in [0.2, 0.25) is 0 Å². The molecule has 2 aliphatic rings. The highest BCUT2D eigenvalue weighted by molar-refractivity contribution is 5.83. The van der Waals surface area contributed by atoms with Gasteiger partial charge in [-0.1, -0.05) is 0 Å². The molecule has 1 N–H and O–H groups in total. The van der Waals surface area contributed by atoms with Crippen molar-refractivity contribution in [2.45, 2.75) is 20.1 Å². The summed E-state index contributed by atoms with van der Waals surface area (Å²) < 4.78 is 7.49. The molecule has 6 nitrogen and oxygen atoms in total. The lowest BCUT2D eigenvalue weighted by Crippen LogP contribution is -2.12. The third-order valence-electron chi connectivity index (χ3n) is 5.08. The van der Waals surface area contributed by atoms with Gasteiger partial charge in [0.05, 0.1) is 33.8 Å². The summed E-state index contributed by atoms with van der Waals surface area (Å²) in [6.07, 6.45) is 7.44. The summed E-state index contributed by atoms with van der Waals surface area (Å²) in [5.74, 6) is -0.322. The Balaban J connectivity index is 1.83. The number of ether oxygens (including phenoxy) is 1. The van der Waals surface area contributed by atoms with Gasteiger partial charge in [0.1, 0.15) is 0 Å². The number of hydrogen-bond donors (Lipinski definition) is 1. The fraction of sp³-hybridized carbons (Fsp3) is 0.125. The predicted molar refractivity (Wildman–Crippen MR) is 119 cm³/mol. The van der Waals surface area contributed by atoms with Crippen LogP contribution in [0.5, 0.6) is 0 Å². The van der Waals surface area contributed by atoms with Gasteiger partial charge in [-0.05, 0) is 79.8 Å². The quantitative estimate of drug-likeness (QED) is 0.416. The van der Waals surface area contributed by atoms with Crippen LogP contribution in [0.1, 0.15) is 42.9 Å². The highest BCUT2D eigenvalue weighted by atomic mass is 16.6. The van der Waals surface area contributed by atoms with E-state index in [-0.39, 0.29) is 5.97 Å². The van der Waals surface area contributed by atoms with Crippen LogP contribution in [-0.2, 0) is 9.53 Å². The molecule has 1 atom stereocenters. The van der Waals surface area contributed by atoms with E-state index < -0.39 is 6.23 Å². The topological polar surface area (TPSA) is 72.8 Å². The lowest BCUT2D eigenvalue weighted by Gasteiger charge is -2.16. The van der Waals surface area contributed by atoms with Crippen LogP contribution in [0, 0.1) is 0 Å². The molecule has 5 heterocycles. The van der Waals surface area contributed by atoms with Gasteiger partial charge in [-0.2, -0.15) is 0 Å². The van der Waals surface area contributed by atoms with Gasteiger partial charge in [0.25, 0.3) is 0 Å². The number of hydrogen-bond acceptors (Lipinski definition) is 4. The van der Waals surface area contributed by atoms with E-state index in [0.717, 1.165) is 44.8 Å². The van der Waals surface area contributed by atoms with Crippen molar-refractivity contribution in [1.29, 1.82) is 0 Å². The number of fused-ring (bicyclic) bond motifs is 10. The molecule has 8 bridgehead atoms. The first kappa shape index (κ1) is 18.1. The van der Waals surface area contributed by atoms with Crippen molar-refractivity contribution < 1.29 is 9.53 Å². The zero-order chi connectivity index (χ0) is 20.7. The highest BCUT2D eigenvalue weighted by Gasteiger charge is 2.13. The number of H-pyrrole nitrogens is 1.